The van der Waals surface area contributed by atoms with Gasteiger partial charge in [0, 0.05) is 18.6 Å². The molecule has 27 heavy (non-hydrogen) atoms. The second-order valence-electron chi connectivity index (χ2n) is 7.53. The van der Waals surface area contributed by atoms with E-state index >= 15 is 0 Å². The molecule has 0 radical (unpaired) electrons. The highest BCUT2D eigenvalue weighted by molar-refractivity contribution is 5.87. The molecule has 2 N–H and O–H groups in total. The van der Waals surface area contributed by atoms with Crippen molar-refractivity contribution in [1.82, 2.24) is 10.2 Å². The molecule has 2 heterocycles. The number of rotatable bonds is 4. The highest BCUT2D eigenvalue weighted by Crippen LogP contribution is 2.42. The average molecular weight is 364 g/mol. The fourth-order valence-electron chi connectivity index (χ4n) is 4.54. The molecular formula is C22H24N2O3. The van der Waals surface area contributed by atoms with Gasteiger partial charge < -0.3 is 15.3 Å². The van der Waals surface area contributed by atoms with Gasteiger partial charge in [-0.15, -0.1) is 0 Å². The number of fused-ring (bicyclic) bond motifs is 2. The maximum absolute atomic E-state index is 12.8. The molecule has 2 aliphatic rings. The number of benzene rings is 2. The van der Waals surface area contributed by atoms with Gasteiger partial charge >= 0.3 is 12.0 Å². The van der Waals surface area contributed by atoms with Gasteiger partial charge in [0.1, 0.15) is 0 Å². The molecule has 2 saturated heterocycles. The zero-order valence-corrected chi connectivity index (χ0v) is 15.2. The minimum atomic E-state index is -0.941. The Morgan fingerprint density at radius 1 is 0.963 bits per heavy atom. The SMILES string of the molecule is O=C(O)c1ccc(CNC(=O)N2[C@@H]3CC[C@H]2CC(c2ccccc2)C3)cc1. The van der Waals surface area contributed by atoms with Crippen LogP contribution in [0.15, 0.2) is 54.6 Å². The summed E-state index contributed by atoms with van der Waals surface area (Å²) in [4.78, 5) is 25.7. The van der Waals surface area contributed by atoms with Gasteiger partial charge in [0.15, 0.2) is 0 Å². The lowest BCUT2D eigenvalue weighted by molar-refractivity contribution is 0.0696. The fourth-order valence-corrected chi connectivity index (χ4v) is 4.54. The number of nitrogens with one attached hydrogen (secondary N) is 1. The molecule has 0 spiro atoms. The zero-order valence-electron chi connectivity index (χ0n) is 15.2. The Balaban J connectivity index is 1.36. The minimum absolute atomic E-state index is 0.00340. The van der Waals surface area contributed by atoms with Gasteiger partial charge in [-0.3, -0.25) is 0 Å². The molecule has 2 aromatic rings. The van der Waals surface area contributed by atoms with Crippen molar-refractivity contribution in [1.29, 1.82) is 0 Å². The summed E-state index contributed by atoms with van der Waals surface area (Å²) < 4.78 is 0. The summed E-state index contributed by atoms with van der Waals surface area (Å²) in [6.45, 7) is 0.413. The normalized spacial score (nSPS) is 23.9. The average Bonchev–Trinajstić information content (AvgIpc) is 2.96. The van der Waals surface area contributed by atoms with Crippen molar-refractivity contribution in [2.75, 3.05) is 0 Å². The number of aromatic carboxylic acids is 1. The molecule has 0 saturated carbocycles. The van der Waals surface area contributed by atoms with Gasteiger partial charge in [0.2, 0.25) is 0 Å². The smallest absolute Gasteiger partial charge is 0.335 e. The number of hydrogen-bond donors (Lipinski definition) is 2. The Kier molecular flexibility index (Phi) is 4.84. The third-order valence-electron chi connectivity index (χ3n) is 5.88. The van der Waals surface area contributed by atoms with Crippen molar-refractivity contribution in [3.05, 3.63) is 71.3 Å². The summed E-state index contributed by atoms with van der Waals surface area (Å²) in [6, 6.07) is 17.9. The number of nitrogens with zero attached hydrogens (tertiary/aromatic N) is 1. The molecular weight excluding hydrogens is 340 g/mol. The van der Waals surface area contributed by atoms with Crippen molar-refractivity contribution in [3.63, 3.8) is 0 Å². The Labute approximate surface area is 159 Å². The molecule has 0 aliphatic carbocycles. The summed E-state index contributed by atoms with van der Waals surface area (Å²) >= 11 is 0. The van der Waals surface area contributed by atoms with E-state index in [0.717, 1.165) is 31.2 Å². The van der Waals surface area contributed by atoms with Crippen LogP contribution in [0.25, 0.3) is 0 Å². The number of carbonyl (C=O) groups excluding carboxylic acids is 1. The topological polar surface area (TPSA) is 69.6 Å². The van der Waals surface area contributed by atoms with Crippen LogP contribution in [0.4, 0.5) is 4.79 Å². The monoisotopic (exact) mass is 364 g/mol. The van der Waals surface area contributed by atoms with E-state index in [-0.39, 0.29) is 11.6 Å². The lowest BCUT2D eigenvalue weighted by atomic mass is 9.85. The number of urea groups is 1. The summed E-state index contributed by atoms with van der Waals surface area (Å²) in [5.41, 5.74) is 2.54. The molecule has 140 valence electrons. The van der Waals surface area contributed by atoms with Crippen molar-refractivity contribution >= 4 is 12.0 Å². The summed E-state index contributed by atoms with van der Waals surface area (Å²) in [5.74, 6) is -0.403. The largest absolute Gasteiger partial charge is 0.478 e. The molecule has 1 unspecified atom stereocenters. The van der Waals surface area contributed by atoms with E-state index in [0.29, 0.717) is 24.5 Å². The first kappa shape index (κ1) is 17.6. The van der Waals surface area contributed by atoms with Gasteiger partial charge in [0.05, 0.1) is 5.56 Å². The molecule has 3 atom stereocenters. The number of piperidine rings is 1. The van der Waals surface area contributed by atoms with E-state index < -0.39 is 5.97 Å². The van der Waals surface area contributed by atoms with Gasteiger partial charge in [-0.05, 0) is 54.9 Å². The maximum Gasteiger partial charge on any atom is 0.335 e. The first-order valence-electron chi connectivity index (χ1n) is 9.55. The zero-order chi connectivity index (χ0) is 18.8. The van der Waals surface area contributed by atoms with E-state index in [1.807, 2.05) is 11.0 Å². The van der Waals surface area contributed by atoms with Crippen molar-refractivity contribution < 1.29 is 14.7 Å². The third kappa shape index (κ3) is 3.68. The molecule has 2 amide bonds. The minimum Gasteiger partial charge on any atom is -0.478 e. The third-order valence-corrected chi connectivity index (χ3v) is 5.88. The molecule has 2 bridgehead atoms. The van der Waals surface area contributed by atoms with Crippen molar-refractivity contribution in [2.24, 2.45) is 0 Å². The van der Waals surface area contributed by atoms with E-state index in [4.69, 9.17) is 5.11 Å². The van der Waals surface area contributed by atoms with Gasteiger partial charge in [-0.1, -0.05) is 42.5 Å². The van der Waals surface area contributed by atoms with Crippen molar-refractivity contribution in [2.45, 2.75) is 50.2 Å². The van der Waals surface area contributed by atoms with Gasteiger partial charge in [-0.2, -0.15) is 0 Å². The summed E-state index contributed by atoms with van der Waals surface area (Å²) in [6.07, 6.45) is 4.21. The number of hydrogen-bond acceptors (Lipinski definition) is 2. The molecule has 2 fully saturated rings. The molecule has 4 rings (SSSR count). The second-order valence-corrected chi connectivity index (χ2v) is 7.53. The van der Waals surface area contributed by atoms with Gasteiger partial charge in [0.25, 0.3) is 0 Å². The molecule has 0 aromatic heterocycles. The van der Waals surface area contributed by atoms with Gasteiger partial charge in [-0.25, -0.2) is 9.59 Å². The van der Waals surface area contributed by atoms with Crippen LogP contribution in [0.2, 0.25) is 0 Å². The lowest BCUT2D eigenvalue weighted by Gasteiger charge is -2.39. The maximum atomic E-state index is 12.8. The lowest BCUT2D eigenvalue weighted by Crippen LogP contribution is -2.50. The van der Waals surface area contributed by atoms with Crippen LogP contribution in [0.5, 0.6) is 0 Å². The molecule has 5 nitrogen and oxygen atoms in total. The van der Waals surface area contributed by atoms with E-state index in [9.17, 15) is 9.59 Å². The number of carbonyl (C=O) groups is 2. The Morgan fingerprint density at radius 2 is 1.59 bits per heavy atom. The quantitative estimate of drug-likeness (QED) is 0.861. The second kappa shape index (κ2) is 7.43. The number of carboxylic acids is 1. The predicted molar refractivity (Wildman–Crippen MR) is 103 cm³/mol. The van der Waals surface area contributed by atoms with Crippen LogP contribution in [0.3, 0.4) is 0 Å². The van der Waals surface area contributed by atoms with Crippen LogP contribution < -0.4 is 5.32 Å². The first-order valence-corrected chi connectivity index (χ1v) is 9.55. The van der Waals surface area contributed by atoms with Crippen LogP contribution in [0, 0.1) is 0 Å². The highest BCUT2D eigenvalue weighted by Gasteiger charge is 2.43. The molecule has 5 heteroatoms. The van der Waals surface area contributed by atoms with E-state index in [1.165, 1.54) is 5.56 Å². The summed E-state index contributed by atoms with van der Waals surface area (Å²) in [7, 11) is 0. The molecule has 2 aromatic carbocycles. The molecule has 2 aliphatic heterocycles. The Morgan fingerprint density at radius 3 is 2.19 bits per heavy atom. The highest BCUT2D eigenvalue weighted by atomic mass is 16.4. The van der Waals surface area contributed by atoms with Crippen LogP contribution in [-0.2, 0) is 6.54 Å². The van der Waals surface area contributed by atoms with E-state index in [2.05, 4.69) is 29.6 Å². The Hall–Kier alpha value is -2.82. The van der Waals surface area contributed by atoms with Crippen LogP contribution in [0.1, 0.15) is 53.1 Å². The first-order chi connectivity index (χ1) is 13.1. The Bertz CT molecular complexity index is 805. The fraction of sp³-hybridized carbons (Fsp3) is 0.364. The van der Waals surface area contributed by atoms with Crippen LogP contribution in [-0.4, -0.2) is 34.1 Å². The standard InChI is InChI=1S/C22H24N2O3/c25-21(26)17-8-6-15(7-9-17)14-23-22(27)24-19-10-11-20(24)13-18(12-19)16-4-2-1-3-5-16/h1-9,18-20H,10-14H2,(H,23,27)(H,25,26)/t18?,19-,20+. The van der Waals surface area contributed by atoms with Crippen LogP contribution >= 0.6 is 0 Å². The predicted octanol–water partition coefficient (Wildman–Crippen LogP) is 4.01. The summed E-state index contributed by atoms with van der Waals surface area (Å²) in [5, 5.41) is 12.0. The number of carboxylic acid groups (broad SMARTS) is 1. The van der Waals surface area contributed by atoms with E-state index in [1.54, 1.807) is 24.3 Å². The van der Waals surface area contributed by atoms with Crippen molar-refractivity contribution in [3.8, 4) is 0 Å². The number of amides is 2.